The highest BCUT2D eigenvalue weighted by Gasteiger charge is 2.17. The van der Waals surface area contributed by atoms with Crippen LogP contribution >= 0.6 is 27.5 Å². The van der Waals surface area contributed by atoms with Crippen molar-refractivity contribution in [3.05, 3.63) is 44.6 Å². The van der Waals surface area contributed by atoms with E-state index in [1.54, 1.807) is 6.07 Å². The van der Waals surface area contributed by atoms with Gasteiger partial charge in [-0.05, 0) is 48.1 Å². The van der Waals surface area contributed by atoms with E-state index < -0.39 is 0 Å². The molecule has 0 radical (unpaired) electrons. The van der Waals surface area contributed by atoms with Crippen molar-refractivity contribution in [1.29, 1.82) is 0 Å². The summed E-state index contributed by atoms with van der Waals surface area (Å²) in [5.41, 5.74) is 8.04. The number of nitrogens with zero attached hydrogens (tertiary/aromatic N) is 2. The van der Waals surface area contributed by atoms with Crippen LogP contribution in [-0.2, 0) is 12.8 Å². The van der Waals surface area contributed by atoms with Gasteiger partial charge in [0.05, 0.1) is 10.6 Å². The van der Waals surface area contributed by atoms with Gasteiger partial charge in [-0.3, -0.25) is 0 Å². The molecule has 1 aromatic carbocycles. The van der Waals surface area contributed by atoms with Crippen LogP contribution in [0.5, 0.6) is 0 Å². The Morgan fingerprint density at radius 2 is 2.26 bits per heavy atom. The molecule has 1 unspecified atom stereocenters. The van der Waals surface area contributed by atoms with Gasteiger partial charge in [0.25, 0.3) is 0 Å². The van der Waals surface area contributed by atoms with E-state index in [1.807, 2.05) is 0 Å². The van der Waals surface area contributed by atoms with E-state index in [0.29, 0.717) is 6.42 Å². The fraction of sp³-hybridized carbons (Fsp3) is 0.385. The molecule has 0 saturated carbocycles. The van der Waals surface area contributed by atoms with Crippen LogP contribution < -0.4 is 5.73 Å². The van der Waals surface area contributed by atoms with E-state index >= 15 is 0 Å². The Morgan fingerprint density at radius 1 is 1.47 bits per heavy atom. The Bertz CT molecular complexity index is 559. The molecular formula is C13H15BrFN3S. The molecule has 0 bridgehead atoms. The second-order valence-corrected chi connectivity index (χ2v) is 6.02. The second-order valence-electron chi connectivity index (χ2n) is 4.38. The summed E-state index contributed by atoms with van der Waals surface area (Å²) < 4.78 is 18.1. The van der Waals surface area contributed by atoms with Gasteiger partial charge in [-0.2, -0.15) is 0 Å². The van der Waals surface area contributed by atoms with Crippen LogP contribution in [-0.4, -0.2) is 9.59 Å². The molecule has 0 aliphatic rings. The second kappa shape index (κ2) is 6.54. The molecule has 102 valence electrons. The van der Waals surface area contributed by atoms with E-state index in [4.69, 9.17) is 5.73 Å². The molecule has 0 spiro atoms. The fourth-order valence-electron chi connectivity index (χ4n) is 1.94. The summed E-state index contributed by atoms with van der Waals surface area (Å²) in [6.07, 6.45) is 2.46. The van der Waals surface area contributed by atoms with Crippen LogP contribution in [0.15, 0.2) is 22.7 Å². The number of aryl methyl sites for hydroxylation is 1. The van der Waals surface area contributed by atoms with Gasteiger partial charge in [0, 0.05) is 10.5 Å². The third-order valence-corrected chi connectivity index (χ3v) is 4.53. The predicted molar refractivity (Wildman–Crippen MR) is 78.6 cm³/mol. The van der Waals surface area contributed by atoms with Gasteiger partial charge in [0.15, 0.2) is 0 Å². The van der Waals surface area contributed by atoms with Gasteiger partial charge >= 0.3 is 0 Å². The highest BCUT2D eigenvalue weighted by atomic mass is 79.9. The highest BCUT2D eigenvalue weighted by Crippen LogP contribution is 2.26. The molecule has 0 amide bonds. The Morgan fingerprint density at radius 3 is 3.00 bits per heavy atom. The first-order valence-corrected chi connectivity index (χ1v) is 7.69. The van der Waals surface area contributed by atoms with Crippen molar-refractivity contribution in [2.24, 2.45) is 5.73 Å². The van der Waals surface area contributed by atoms with Crippen LogP contribution in [0.1, 0.15) is 35.5 Å². The van der Waals surface area contributed by atoms with Crippen molar-refractivity contribution >= 4 is 27.5 Å². The van der Waals surface area contributed by atoms with Crippen LogP contribution in [0, 0.1) is 5.82 Å². The maximum absolute atomic E-state index is 13.3. The minimum Gasteiger partial charge on any atom is -0.323 e. The van der Waals surface area contributed by atoms with Crippen LogP contribution in [0.4, 0.5) is 4.39 Å². The normalized spacial score (nSPS) is 12.6. The molecule has 3 nitrogen and oxygen atoms in total. The van der Waals surface area contributed by atoms with Gasteiger partial charge in [0.2, 0.25) is 0 Å². The lowest BCUT2D eigenvalue weighted by Crippen LogP contribution is -2.14. The quantitative estimate of drug-likeness (QED) is 0.901. The number of hydrogen-bond acceptors (Lipinski definition) is 4. The van der Waals surface area contributed by atoms with Crippen molar-refractivity contribution in [2.45, 2.75) is 32.2 Å². The molecule has 0 aliphatic heterocycles. The van der Waals surface area contributed by atoms with E-state index in [0.717, 1.165) is 33.4 Å². The zero-order chi connectivity index (χ0) is 13.8. The highest BCUT2D eigenvalue weighted by molar-refractivity contribution is 9.10. The topological polar surface area (TPSA) is 51.8 Å². The zero-order valence-corrected chi connectivity index (χ0v) is 13.0. The molecule has 2 rings (SSSR count). The Balaban J connectivity index is 2.18. The molecule has 2 aromatic rings. The molecule has 1 atom stereocenters. The first-order valence-electron chi connectivity index (χ1n) is 6.12. The summed E-state index contributed by atoms with van der Waals surface area (Å²) in [5.74, 6) is -0.249. The number of nitrogens with two attached hydrogens (primary N) is 1. The minimum atomic E-state index is -0.249. The van der Waals surface area contributed by atoms with E-state index in [2.05, 4.69) is 32.4 Å². The number of aromatic nitrogens is 2. The lowest BCUT2D eigenvalue weighted by Gasteiger charge is -2.12. The smallest absolute Gasteiger partial charge is 0.123 e. The van der Waals surface area contributed by atoms with Crippen LogP contribution in [0.25, 0.3) is 0 Å². The van der Waals surface area contributed by atoms with E-state index in [-0.39, 0.29) is 11.9 Å². The minimum absolute atomic E-state index is 0.195. The molecule has 0 fully saturated rings. The first-order chi connectivity index (χ1) is 9.11. The largest absolute Gasteiger partial charge is 0.323 e. The van der Waals surface area contributed by atoms with Gasteiger partial charge in [-0.1, -0.05) is 33.8 Å². The van der Waals surface area contributed by atoms with Crippen molar-refractivity contribution in [2.75, 3.05) is 0 Å². The third-order valence-electron chi connectivity index (χ3n) is 2.86. The molecule has 6 heteroatoms. The predicted octanol–water partition coefficient (Wildman–Crippen LogP) is 3.63. The lowest BCUT2D eigenvalue weighted by molar-refractivity contribution is 0.621. The van der Waals surface area contributed by atoms with Crippen molar-refractivity contribution < 1.29 is 4.39 Å². The molecule has 2 N–H and O–H groups in total. The SMILES string of the molecule is CCCc1nnsc1C(N)Cc1cc(F)ccc1Br. The fourth-order valence-corrected chi connectivity index (χ4v) is 3.04. The van der Waals surface area contributed by atoms with Crippen molar-refractivity contribution in [1.82, 2.24) is 9.59 Å². The number of benzene rings is 1. The summed E-state index contributed by atoms with van der Waals surface area (Å²) >= 11 is 4.75. The number of hydrogen-bond donors (Lipinski definition) is 1. The molecule has 1 aromatic heterocycles. The summed E-state index contributed by atoms with van der Waals surface area (Å²) in [6.45, 7) is 2.10. The van der Waals surface area contributed by atoms with Crippen LogP contribution in [0.2, 0.25) is 0 Å². The average Bonchev–Trinajstić information content (AvgIpc) is 2.82. The van der Waals surface area contributed by atoms with E-state index in [1.165, 1.54) is 23.7 Å². The van der Waals surface area contributed by atoms with Crippen LogP contribution in [0.3, 0.4) is 0 Å². The summed E-state index contributed by atoms with van der Waals surface area (Å²) in [4.78, 5) is 0.998. The first kappa shape index (κ1) is 14.6. The van der Waals surface area contributed by atoms with Gasteiger partial charge in [0.1, 0.15) is 5.82 Å². The summed E-state index contributed by atoms with van der Waals surface area (Å²) in [6, 6.07) is 4.45. The Kier molecular flexibility index (Phi) is 5.01. The van der Waals surface area contributed by atoms with Crippen molar-refractivity contribution in [3.63, 3.8) is 0 Å². The van der Waals surface area contributed by atoms with Crippen molar-refractivity contribution in [3.8, 4) is 0 Å². The Labute approximate surface area is 124 Å². The monoisotopic (exact) mass is 343 g/mol. The molecule has 0 aliphatic carbocycles. The van der Waals surface area contributed by atoms with E-state index in [9.17, 15) is 4.39 Å². The lowest BCUT2D eigenvalue weighted by atomic mass is 10.0. The number of rotatable bonds is 5. The number of halogens is 2. The zero-order valence-electron chi connectivity index (χ0n) is 10.6. The Hall–Kier alpha value is -0.850. The summed E-state index contributed by atoms with van der Waals surface area (Å²) in [7, 11) is 0. The average molecular weight is 344 g/mol. The van der Waals surface area contributed by atoms with Gasteiger partial charge in [-0.15, -0.1) is 5.10 Å². The van der Waals surface area contributed by atoms with Gasteiger partial charge in [-0.25, -0.2) is 4.39 Å². The molecular weight excluding hydrogens is 329 g/mol. The molecule has 0 saturated heterocycles. The third kappa shape index (κ3) is 3.58. The maximum Gasteiger partial charge on any atom is 0.123 e. The maximum atomic E-state index is 13.3. The van der Waals surface area contributed by atoms with Gasteiger partial charge < -0.3 is 5.73 Å². The molecule has 1 heterocycles. The standard InChI is InChI=1S/C13H15BrFN3S/c1-2-3-12-13(19-18-17-12)11(16)7-8-6-9(15)4-5-10(8)14/h4-6,11H,2-3,7,16H2,1H3. The summed E-state index contributed by atoms with van der Waals surface area (Å²) in [5, 5.41) is 4.11. The molecule has 19 heavy (non-hydrogen) atoms.